The number of para-hydroxylation sites is 1. The highest BCUT2D eigenvalue weighted by Crippen LogP contribution is 2.29. The molecule has 0 unspecified atom stereocenters. The monoisotopic (exact) mass is 266 g/mol. The minimum atomic E-state index is 0.105. The van der Waals surface area contributed by atoms with Crippen LogP contribution < -0.4 is 4.74 Å². The molecule has 2 aromatic carbocycles. The Morgan fingerprint density at radius 3 is 2.70 bits per heavy atom. The van der Waals surface area contributed by atoms with Gasteiger partial charge in [0.05, 0.1) is 18.4 Å². The standard InChI is InChI=1S/C16H14N2O2/c1-20-12-7-8-15-13(9-12)14(16(19)18-15)10-17-11-5-3-2-4-6-11/h2-10,18-19H,1H3. The molecule has 100 valence electrons. The van der Waals surface area contributed by atoms with Crippen LogP contribution in [0.4, 0.5) is 5.69 Å². The molecule has 0 fully saturated rings. The predicted molar refractivity (Wildman–Crippen MR) is 80.2 cm³/mol. The third kappa shape index (κ3) is 2.23. The van der Waals surface area contributed by atoms with Crippen molar-refractivity contribution >= 4 is 22.8 Å². The number of hydrogen-bond acceptors (Lipinski definition) is 3. The first-order chi connectivity index (χ1) is 9.78. The largest absolute Gasteiger partial charge is 0.497 e. The van der Waals surface area contributed by atoms with Crippen molar-refractivity contribution in [3.05, 3.63) is 54.1 Å². The van der Waals surface area contributed by atoms with Crippen molar-refractivity contribution in [2.24, 2.45) is 4.99 Å². The van der Waals surface area contributed by atoms with Crippen LogP contribution in [-0.2, 0) is 0 Å². The molecule has 0 radical (unpaired) electrons. The zero-order valence-corrected chi connectivity index (χ0v) is 11.0. The lowest BCUT2D eigenvalue weighted by Crippen LogP contribution is -1.83. The Morgan fingerprint density at radius 1 is 1.15 bits per heavy atom. The smallest absolute Gasteiger partial charge is 0.198 e. The lowest BCUT2D eigenvalue weighted by atomic mass is 10.1. The van der Waals surface area contributed by atoms with E-state index in [-0.39, 0.29) is 5.88 Å². The summed E-state index contributed by atoms with van der Waals surface area (Å²) < 4.78 is 5.21. The number of benzene rings is 2. The maximum Gasteiger partial charge on any atom is 0.198 e. The van der Waals surface area contributed by atoms with Gasteiger partial charge >= 0.3 is 0 Å². The van der Waals surface area contributed by atoms with Gasteiger partial charge in [-0.05, 0) is 30.3 Å². The molecule has 3 rings (SSSR count). The lowest BCUT2D eigenvalue weighted by molar-refractivity contribution is 0.415. The number of aliphatic imine (C=N–C) groups is 1. The molecule has 1 aromatic heterocycles. The number of methoxy groups -OCH3 is 1. The van der Waals surface area contributed by atoms with Crippen LogP contribution >= 0.6 is 0 Å². The van der Waals surface area contributed by atoms with Crippen LogP contribution in [0.3, 0.4) is 0 Å². The highest BCUT2D eigenvalue weighted by atomic mass is 16.5. The van der Waals surface area contributed by atoms with Gasteiger partial charge in [-0.3, -0.25) is 4.99 Å². The summed E-state index contributed by atoms with van der Waals surface area (Å²) in [5.74, 6) is 0.846. The summed E-state index contributed by atoms with van der Waals surface area (Å²) >= 11 is 0. The summed E-state index contributed by atoms with van der Waals surface area (Å²) in [5.41, 5.74) is 2.34. The van der Waals surface area contributed by atoms with E-state index in [2.05, 4.69) is 9.98 Å². The van der Waals surface area contributed by atoms with Crippen LogP contribution in [0.15, 0.2) is 53.5 Å². The highest BCUT2D eigenvalue weighted by molar-refractivity contribution is 6.03. The molecule has 2 N–H and O–H groups in total. The molecule has 1 heterocycles. The summed E-state index contributed by atoms with van der Waals surface area (Å²) in [5, 5.41) is 10.9. The topological polar surface area (TPSA) is 57.6 Å². The Hall–Kier alpha value is -2.75. The van der Waals surface area contributed by atoms with Gasteiger partial charge in [-0.2, -0.15) is 0 Å². The zero-order valence-electron chi connectivity index (χ0n) is 11.0. The molecule has 0 atom stereocenters. The second-order valence-corrected chi connectivity index (χ2v) is 4.39. The maximum atomic E-state index is 9.99. The third-order valence-corrected chi connectivity index (χ3v) is 3.12. The Balaban J connectivity index is 2.06. The molecule has 0 saturated carbocycles. The molecule has 0 spiro atoms. The van der Waals surface area contributed by atoms with Crippen molar-refractivity contribution in [2.75, 3.05) is 7.11 Å². The van der Waals surface area contributed by atoms with Crippen molar-refractivity contribution < 1.29 is 9.84 Å². The van der Waals surface area contributed by atoms with Crippen molar-refractivity contribution in [3.63, 3.8) is 0 Å². The summed E-state index contributed by atoms with van der Waals surface area (Å²) in [6.07, 6.45) is 1.66. The lowest BCUT2D eigenvalue weighted by Gasteiger charge is -1.99. The first-order valence-electron chi connectivity index (χ1n) is 6.26. The second-order valence-electron chi connectivity index (χ2n) is 4.39. The van der Waals surface area contributed by atoms with Crippen molar-refractivity contribution in [1.82, 2.24) is 4.98 Å². The van der Waals surface area contributed by atoms with E-state index >= 15 is 0 Å². The number of H-pyrrole nitrogens is 1. The Labute approximate surface area is 116 Å². The number of ether oxygens (including phenoxy) is 1. The molecular formula is C16H14N2O2. The van der Waals surface area contributed by atoms with Gasteiger partial charge in [-0.15, -0.1) is 0 Å². The minimum Gasteiger partial charge on any atom is -0.497 e. The Kier molecular flexibility index (Phi) is 3.13. The zero-order chi connectivity index (χ0) is 13.9. The van der Waals surface area contributed by atoms with Gasteiger partial charge < -0.3 is 14.8 Å². The molecule has 0 amide bonds. The van der Waals surface area contributed by atoms with E-state index in [0.29, 0.717) is 5.56 Å². The normalized spacial score (nSPS) is 11.2. The third-order valence-electron chi connectivity index (χ3n) is 3.12. The van der Waals surface area contributed by atoms with E-state index in [1.807, 2.05) is 48.5 Å². The van der Waals surface area contributed by atoms with E-state index in [4.69, 9.17) is 4.74 Å². The fraction of sp³-hybridized carbons (Fsp3) is 0.0625. The summed E-state index contributed by atoms with van der Waals surface area (Å²) in [4.78, 5) is 7.29. The van der Waals surface area contributed by atoms with Crippen molar-refractivity contribution in [1.29, 1.82) is 0 Å². The van der Waals surface area contributed by atoms with E-state index < -0.39 is 0 Å². The van der Waals surface area contributed by atoms with Crippen molar-refractivity contribution in [2.45, 2.75) is 0 Å². The second kappa shape index (κ2) is 5.09. The summed E-state index contributed by atoms with van der Waals surface area (Å²) in [6.45, 7) is 0. The van der Waals surface area contributed by atoms with Crippen LogP contribution in [0.2, 0.25) is 0 Å². The summed E-state index contributed by atoms with van der Waals surface area (Å²) in [7, 11) is 1.62. The van der Waals surface area contributed by atoms with Crippen LogP contribution in [0.1, 0.15) is 5.56 Å². The van der Waals surface area contributed by atoms with E-state index in [1.165, 1.54) is 0 Å². The molecule has 4 nitrogen and oxygen atoms in total. The number of aromatic nitrogens is 1. The van der Waals surface area contributed by atoms with E-state index in [0.717, 1.165) is 22.3 Å². The van der Waals surface area contributed by atoms with Crippen LogP contribution in [0.25, 0.3) is 10.9 Å². The van der Waals surface area contributed by atoms with Gasteiger partial charge in [-0.25, -0.2) is 0 Å². The molecule has 0 saturated heterocycles. The SMILES string of the molecule is COc1ccc2[nH]c(O)c(C=Nc3ccccc3)c2c1. The number of nitrogens with zero attached hydrogens (tertiary/aromatic N) is 1. The number of nitrogens with one attached hydrogen (secondary N) is 1. The van der Waals surface area contributed by atoms with Gasteiger partial charge in [-0.1, -0.05) is 18.2 Å². The van der Waals surface area contributed by atoms with Gasteiger partial charge in [0.2, 0.25) is 0 Å². The van der Waals surface area contributed by atoms with E-state index in [1.54, 1.807) is 13.3 Å². The number of hydrogen-bond donors (Lipinski definition) is 2. The highest BCUT2D eigenvalue weighted by Gasteiger charge is 2.09. The molecule has 4 heteroatoms. The Bertz CT molecular complexity index is 761. The maximum absolute atomic E-state index is 9.99. The first kappa shape index (κ1) is 12.3. The molecule has 0 aliphatic carbocycles. The molecule has 20 heavy (non-hydrogen) atoms. The average Bonchev–Trinajstić information content (AvgIpc) is 2.80. The van der Waals surface area contributed by atoms with Crippen LogP contribution in [-0.4, -0.2) is 23.4 Å². The molecule has 3 aromatic rings. The van der Waals surface area contributed by atoms with Crippen LogP contribution in [0, 0.1) is 0 Å². The number of aromatic hydroxyl groups is 1. The number of aromatic amines is 1. The molecule has 0 bridgehead atoms. The fourth-order valence-corrected chi connectivity index (χ4v) is 2.09. The van der Waals surface area contributed by atoms with Gasteiger partial charge in [0.25, 0.3) is 0 Å². The molecule has 0 aliphatic rings. The predicted octanol–water partition coefficient (Wildman–Crippen LogP) is 3.63. The van der Waals surface area contributed by atoms with E-state index in [9.17, 15) is 5.11 Å². The van der Waals surface area contributed by atoms with Gasteiger partial charge in [0.1, 0.15) is 5.75 Å². The minimum absolute atomic E-state index is 0.105. The average molecular weight is 266 g/mol. The Morgan fingerprint density at radius 2 is 1.95 bits per heavy atom. The number of fused-ring (bicyclic) bond motifs is 1. The fourth-order valence-electron chi connectivity index (χ4n) is 2.09. The van der Waals surface area contributed by atoms with Crippen molar-refractivity contribution in [3.8, 4) is 11.6 Å². The van der Waals surface area contributed by atoms with Gasteiger partial charge in [0, 0.05) is 17.1 Å². The molecule has 0 aliphatic heterocycles. The first-order valence-corrected chi connectivity index (χ1v) is 6.26. The van der Waals surface area contributed by atoms with Gasteiger partial charge in [0.15, 0.2) is 5.88 Å². The number of rotatable bonds is 3. The van der Waals surface area contributed by atoms with Crippen LogP contribution in [0.5, 0.6) is 11.6 Å². The summed E-state index contributed by atoms with van der Waals surface area (Å²) in [6, 6.07) is 15.2. The quantitative estimate of drug-likeness (QED) is 0.711. The molecular weight excluding hydrogens is 252 g/mol.